The van der Waals surface area contributed by atoms with Crippen molar-refractivity contribution in [3.05, 3.63) is 36.8 Å². The number of nitrogens with zero attached hydrogens (tertiary/aromatic N) is 2. The van der Waals surface area contributed by atoms with Crippen LogP contribution in [0.25, 0.3) is 22.2 Å². The zero-order chi connectivity index (χ0) is 14.7. The van der Waals surface area contributed by atoms with Gasteiger partial charge in [-0.25, -0.2) is 4.98 Å². The summed E-state index contributed by atoms with van der Waals surface area (Å²) in [5.41, 5.74) is 2.75. The highest BCUT2D eigenvalue weighted by molar-refractivity contribution is 5.94. The molecule has 0 amide bonds. The molecular formula is C15H16N4O2. The molecule has 3 aromatic rings. The number of anilines is 1. The number of aliphatic hydroxyl groups excluding tert-OH is 1. The van der Waals surface area contributed by atoms with Gasteiger partial charge in [0.2, 0.25) is 0 Å². The average Bonchev–Trinajstić information content (AvgIpc) is 3.00. The smallest absolute Gasteiger partial charge is 0.140 e. The summed E-state index contributed by atoms with van der Waals surface area (Å²) in [6.07, 6.45) is 5.31. The summed E-state index contributed by atoms with van der Waals surface area (Å²) < 4.78 is 5.23. The minimum Gasteiger partial charge on any atom is -0.495 e. The highest BCUT2D eigenvalue weighted by Gasteiger charge is 2.10. The summed E-state index contributed by atoms with van der Waals surface area (Å²) in [4.78, 5) is 11.8. The molecule has 0 saturated carbocycles. The normalized spacial score (nSPS) is 10.8. The first kappa shape index (κ1) is 13.4. The summed E-state index contributed by atoms with van der Waals surface area (Å²) in [5, 5.41) is 13.0. The molecule has 0 radical (unpaired) electrons. The van der Waals surface area contributed by atoms with Crippen molar-refractivity contribution in [1.29, 1.82) is 0 Å². The zero-order valence-electron chi connectivity index (χ0n) is 11.6. The number of H-pyrrole nitrogens is 1. The Hall–Kier alpha value is -2.60. The van der Waals surface area contributed by atoms with Crippen molar-refractivity contribution in [2.45, 2.75) is 0 Å². The van der Waals surface area contributed by atoms with Crippen molar-refractivity contribution in [1.82, 2.24) is 15.0 Å². The molecule has 3 aromatic heterocycles. The molecule has 0 atom stereocenters. The van der Waals surface area contributed by atoms with Gasteiger partial charge in [-0.15, -0.1) is 0 Å². The Kier molecular flexibility index (Phi) is 3.70. The Bertz CT molecular complexity index is 754. The van der Waals surface area contributed by atoms with Gasteiger partial charge in [-0.2, -0.15) is 0 Å². The highest BCUT2D eigenvalue weighted by Crippen LogP contribution is 2.31. The van der Waals surface area contributed by atoms with Gasteiger partial charge in [-0.1, -0.05) is 0 Å². The van der Waals surface area contributed by atoms with E-state index >= 15 is 0 Å². The summed E-state index contributed by atoms with van der Waals surface area (Å²) >= 11 is 0. The molecule has 3 heterocycles. The van der Waals surface area contributed by atoms with Gasteiger partial charge in [-0.05, 0) is 23.8 Å². The lowest BCUT2D eigenvalue weighted by Crippen LogP contribution is -2.07. The van der Waals surface area contributed by atoms with Crippen molar-refractivity contribution in [3.8, 4) is 16.9 Å². The first-order chi connectivity index (χ1) is 10.3. The van der Waals surface area contributed by atoms with Crippen LogP contribution < -0.4 is 10.1 Å². The number of fused-ring (bicyclic) bond motifs is 1. The molecule has 21 heavy (non-hydrogen) atoms. The molecule has 0 aromatic carbocycles. The van der Waals surface area contributed by atoms with Crippen LogP contribution in [-0.2, 0) is 0 Å². The summed E-state index contributed by atoms with van der Waals surface area (Å²) in [5.74, 6) is 1.41. The lowest BCUT2D eigenvalue weighted by atomic mass is 10.1. The number of ether oxygens (including phenoxy) is 1. The third kappa shape index (κ3) is 2.66. The standard InChI is InChI=1S/C15H16N4O2/c1-21-11-6-10(8-16-9-11)13-7-14(17-4-5-20)19-15-12(13)2-3-18-15/h2-3,6-9,20H,4-5H2,1H3,(H2,17,18,19). The number of nitrogens with one attached hydrogen (secondary N) is 2. The largest absolute Gasteiger partial charge is 0.495 e. The highest BCUT2D eigenvalue weighted by atomic mass is 16.5. The third-order valence-electron chi connectivity index (χ3n) is 3.21. The maximum Gasteiger partial charge on any atom is 0.140 e. The predicted molar refractivity (Wildman–Crippen MR) is 81.5 cm³/mol. The van der Waals surface area contributed by atoms with Gasteiger partial charge in [0.25, 0.3) is 0 Å². The molecular weight excluding hydrogens is 268 g/mol. The second-order valence-corrected chi connectivity index (χ2v) is 4.56. The minimum atomic E-state index is 0.0560. The maximum atomic E-state index is 8.93. The topological polar surface area (TPSA) is 83.1 Å². The monoisotopic (exact) mass is 284 g/mol. The van der Waals surface area contributed by atoms with Crippen molar-refractivity contribution in [2.75, 3.05) is 25.6 Å². The van der Waals surface area contributed by atoms with Crippen LogP contribution in [-0.4, -0.2) is 40.3 Å². The Morgan fingerprint density at radius 2 is 2.24 bits per heavy atom. The molecule has 6 heteroatoms. The van der Waals surface area contributed by atoms with Crippen LogP contribution in [0, 0.1) is 0 Å². The van der Waals surface area contributed by atoms with Gasteiger partial charge in [0.05, 0.1) is 19.9 Å². The van der Waals surface area contributed by atoms with Gasteiger partial charge in [0.15, 0.2) is 0 Å². The maximum absolute atomic E-state index is 8.93. The van der Waals surface area contributed by atoms with E-state index in [1.54, 1.807) is 19.5 Å². The zero-order valence-corrected chi connectivity index (χ0v) is 11.6. The minimum absolute atomic E-state index is 0.0560. The Labute approximate surface area is 121 Å². The molecule has 0 aliphatic carbocycles. The molecule has 108 valence electrons. The molecule has 0 aliphatic rings. The third-order valence-corrected chi connectivity index (χ3v) is 3.21. The van der Waals surface area contributed by atoms with Crippen LogP contribution in [0.4, 0.5) is 5.82 Å². The van der Waals surface area contributed by atoms with Crippen LogP contribution in [0.3, 0.4) is 0 Å². The van der Waals surface area contributed by atoms with Gasteiger partial charge in [0.1, 0.15) is 17.2 Å². The second kappa shape index (κ2) is 5.80. The molecule has 0 fully saturated rings. The molecule has 3 N–H and O–H groups in total. The van der Waals surface area contributed by atoms with Gasteiger partial charge >= 0.3 is 0 Å². The van der Waals surface area contributed by atoms with E-state index in [2.05, 4.69) is 20.3 Å². The molecule has 0 unspecified atom stereocenters. The van der Waals surface area contributed by atoms with E-state index in [0.29, 0.717) is 18.1 Å². The lowest BCUT2D eigenvalue weighted by molar-refractivity contribution is 0.311. The summed E-state index contributed by atoms with van der Waals surface area (Å²) in [7, 11) is 1.62. The SMILES string of the molecule is COc1cncc(-c2cc(NCCO)nc3[nH]ccc23)c1. The van der Waals surface area contributed by atoms with E-state index in [0.717, 1.165) is 22.2 Å². The fraction of sp³-hybridized carbons (Fsp3) is 0.200. The quantitative estimate of drug-likeness (QED) is 0.668. The number of aliphatic hydroxyl groups is 1. The Morgan fingerprint density at radius 1 is 1.33 bits per heavy atom. The van der Waals surface area contributed by atoms with Crippen LogP contribution >= 0.6 is 0 Å². The number of methoxy groups -OCH3 is 1. The van der Waals surface area contributed by atoms with Crippen molar-refractivity contribution < 1.29 is 9.84 Å². The van der Waals surface area contributed by atoms with Crippen LogP contribution in [0.15, 0.2) is 36.8 Å². The number of hydrogen-bond acceptors (Lipinski definition) is 5. The summed E-state index contributed by atoms with van der Waals surface area (Å²) in [6, 6.07) is 5.86. The number of pyridine rings is 2. The van der Waals surface area contributed by atoms with Crippen LogP contribution in [0.1, 0.15) is 0 Å². The fourth-order valence-electron chi connectivity index (χ4n) is 2.23. The van der Waals surface area contributed by atoms with Gasteiger partial charge in [-0.3, -0.25) is 4.98 Å². The van der Waals surface area contributed by atoms with Gasteiger partial charge < -0.3 is 20.1 Å². The Balaban J connectivity index is 2.12. The first-order valence-corrected chi connectivity index (χ1v) is 6.64. The Morgan fingerprint density at radius 3 is 3.05 bits per heavy atom. The molecule has 0 aliphatic heterocycles. The average molecular weight is 284 g/mol. The molecule has 0 bridgehead atoms. The van der Waals surface area contributed by atoms with Crippen LogP contribution in [0.5, 0.6) is 5.75 Å². The van der Waals surface area contributed by atoms with E-state index in [9.17, 15) is 0 Å². The predicted octanol–water partition coefficient (Wildman–Crippen LogP) is 2.04. The van der Waals surface area contributed by atoms with E-state index in [1.165, 1.54) is 0 Å². The van der Waals surface area contributed by atoms with E-state index < -0.39 is 0 Å². The number of rotatable bonds is 5. The lowest BCUT2D eigenvalue weighted by Gasteiger charge is -2.09. The second-order valence-electron chi connectivity index (χ2n) is 4.56. The molecule has 0 saturated heterocycles. The van der Waals surface area contributed by atoms with Crippen molar-refractivity contribution in [3.63, 3.8) is 0 Å². The van der Waals surface area contributed by atoms with E-state index in [4.69, 9.17) is 9.84 Å². The van der Waals surface area contributed by atoms with Crippen molar-refractivity contribution >= 4 is 16.9 Å². The number of aromatic amines is 1. The number of aromatic nitrogens is 3. The van der Waals surface area contributed by atoms with E-state index in [1.807, 2.05) is 24.4 Å². The fourth-order valence-corrected chi connectivity index (χ4v) is 2.23. The number of hydrogen-bond donors (Lipinski definition) is 3. The molecule has 3 rings (SSSR count). The molecule has 0 spiro atoms. The van der Waals surface area contributed by atoms with Crippen molar-refractivity contribution in [2.24, 2.45) is 0 Å². The van der Waals surface area contributed by atoms with Crippen LogP contribution in [0.2, 0.25) is 0 Å². The first-order valence-electron chi connectivity index (χ1n) is 6.64. The summed E-state index contributed by atoms with van der Waals surface area (Å²) in [6.45, 7) is 0.509. The molecule has 6 nitrogen and oxygen atoms in total. The van der Waals surface area contributed by atoms with E-state index in [-0.39, 0.29) is 6.61 Å². The van der Waals surface area contributed by atoms with Gasteiger partial charge in [0, 0.05) is 29.9 Å².